The number of hydrogen-bond acceptors (Lipinski definition) is 4. The van der Waals surface area contributed by atoms with Crippen molar-refractivity contribution in [3.8, 4) is 28.3 Å². The number of benzene rings is 2. The number of nitrogens with zero attached hydrogens (tertiary/aromatic N) is 2. The Balaban J connectivity index is 2.13. The maximum Gasteiger partial charge on any atom is 0.307 e. The molecular formula is C23H25FN2O4. The summed E-state index contributed by atoms with van der Waals surface area (Å²) in [6.45, 7) is 4.43. The van der Waals surface area contributed by atoms with Crippen molar-refractivity contribution in [3.63, 3.8) is 0 Å². The van der Waals surface area contributed by atoms with Crippen LogP contribution < -0.4 is 4.74 Å². The monoisotopic (exact) mass is 412 g/mol. The van der Waals surface area contributed by atoms with Gasteiger partial charge in [-0.2, -0.15) is 5.10 Å². The van der Waals surface area contributed by atoms with Crippen LogP contribution in [-0.2, 0) is 17.8 Å². The average Bonchev–Trinajstić information content (AvgIpc) is 3.12. The highest BCUT2D eigenvalue weighted by atomic mass is 19.1. The first kappa shape index (κ1) is 21.5. The minimum Gasteiger partial charge on any atom is -0.493 e. The van der Waals surface area contributed by atoms with Gasteiger partial charge >= 0.3 is 5.97 Å². The zero-order valence-electron chi connectivity index (χ0n) is 17.0. The Hall–Kier alpha value is -3.19. The van der Waals surface area contributed by atoms with Crippen LogP contribution in [0.3, 0.4) is 0 Å². The summed E-state index contributed by atoms with van der Waals surface area (Å²) >= 11 is 0. The highest BCUT2D eigenvalue weighted by Crippen LogP contribution is 2.34. The van der Waals surface area contributed by atoms with Crippen LogP contribution in [0.4, 0.5) is 4.39 Å². The standard InChI is InChI=1S/C23H25FN2O4/c1-3-18(27)14-26-21(16-6-5-7-17(24)12-16)13-20(25-26)19-10-15(11-23(28)29)8-9-22(19)30-4-2/h5-10,12-13,18,27H,3-4,11,14H2,1-2H3,(H,28,29)/t18-/m1/s1. The molecule has 0 aliphatic heterocycles. The Morgan fingerprint density at radius 2 is 2.00 bits per heavy atom. The molecule has 7 heteroatoms. The van der Waals surface area contributed by atoms with E-state index in [0.717, 1.165) is 0 Å². The van der Waals surface area contributed by atoms with Gasteiger partial charge in [0.2, 0.25) is 0 Å². The SMILES string of the molecule is CCOc1ccc(CC(=O)O)cc1-c1cc(-c2cccc(F)c2)n(C[C@H](O)CC)n1. The van der Waals surface area contributed by atoms with Gasteiger partial charge in [-0.3, -0.25) is 9.48 Å². The molecule has 0 spiro atoms. The highest BCUT2D eigenvalue weighted by molar-refractivity contribution is 5.76. The maximum atomic E-state index is 13.8. The summed E-state index contributed by atoms with van der Waals surface area (Å²) in [6, 6.07) is 13.2. The molecule has 3 aromatic rings. The summed E-state index contributed by atoms with van der Waals surface area (Å²) in [5.74, 6) is -0.712. The quantitative estimate of drug-likeness (QED) is 0.551. The van der Waals surface area contributed by atoms with Crippen molar-refractivity contribution >= 4 is 5.97 Å². The molecule has 0 fully saturated rings. The number of carboxylic acid groups (broad SMARTS) is 1. The molecule has 3 rings (SSSR count). The van der Waals surface area contributed by atoms with Gasteiger partial charge in [0.25, 0.3) is 0 Å². The van der Waals surface area contributed by atoms with Gasteiger partial charge in [0.1, 0.15) is 11.6 Å². The van der Waals surface area contributed by atoms with Crippen molar-refractivity contribution in [1.29, 1.82) is 0 Å². The lowest BCUT2D eigenvalue weighted by molar-refractivity contribution is -0.136. The van der Waals surface area contributed by atoms with Crippen molar-refractivity contribution in [2.45, 2.75) is 39.3 Å². The number of aliphatic hydroxyl groups excluding tert-OH is 1. The second-order valence-electron chi connectivity index (χ2n) is 7.00. The van der Waals surface area contributed by atoms with Gasteiger partial charge in [0, 0.05) is 11.1 Å². The molecule has 6 nitrogen and oxygen atoms in total. The average molecular weight is 412 g/mol. The minimum absolute atomic E-state index is 0.120. The fraction of sp³-hybridized carbons (Fsp3) is 0.304. The van der Waals surface area contributed by atoms with Crippen molar-refractivity contribution in [3.05, 3.63) is 59.9 Å². The summed E-state index contributed by atoms with van der Waals surface area (Å²) < 4.78 is 21.2. The largest absolute Gasteiger partial charge is 0.493 e. The van der Waals surface area contributed by atoms with Gasteiger partial charge in [-0.25, -0.2) is 4.39 Å². The number of ether oxygens (including phenoxy) is 1. The number of carboxylic acids is 1. The van der Waals surface area contributed by atoms with Crippen molar-refractivity contribution in [2.75, 3.05) is 6.61 Å². The molecule has 2 aromatic carbocycles. The molecular weight excluding hydrogens is 387 g/mol. The number of rotatable bonds is 9. The first-order valence-corrected chi connectivity index (χ1v) is 9.91. The molecule has 0 bridgehead atoms. The number of aromatic nitrogens is 2. The van der Waals surface area contributed by atoms with E-state index in [1.807, 2.05) is 13.8 Å². The third kappa shape index (κ3) is 5.04. The third-order valence-corrected chi connectivity index (χ3v) is 4.73. The zero-order chi connectivity index (χ0) is 21.7. The first-order chi connectivity index (χ1) is 14.4. The molecule has 0 saturated heterocycles. The van der Waals surface area contributed by atoms with Crippen molar-refractivity contribution in [2.24, 2.45) is 0 Å². The summed E-state index contributed by atoms with van der Waals surface area (Å²) in [4.78, 5) is 11.1. The number of carbonyl (C=O) groups is 1. The van der Waals surface area contributed by atoms with Crippen LogP contribution in [0.2, 0.25) is 0 Å². The molecule has 1 aromatic heterocycles. The fourth-order valence-corrected chi connectivity index (χ4v) is 3.24. The first-order valence-electron chi connectivity index (χ1n) is 9.91. The molecule has 0 unspecified atom stereocenters. The lowest BCUT2D eigenvalue weighted by Gasteiger charge is -2.12. The minimum atomic E-state index is -0.929. The van der Waals surface area contributed by atoms with Gasteiger partial charge in [-0.1, -0.05) is 25.1 Å². The summed E-state index contributed by atoms with van der Waals surface area (Å²) in [7, 11) is 0. The lowest BCUT2D eigenvalue weighted by atomic mass is 10.0. The van der Waals surface area contributed by atoms with Crippen molar-refractivity contribution < 1.29 is 24.1 Å². The van der Waals surface area contributed by atoms with Crippen LogP contribution in [0.25, 0.3) is 22.5 Å². The Morgan fingerprint density at radius 1 is 1.20 bits per heavy atom. The van der Waals surface area contributed by atoms with Gasteiger partial charge in [-0.05, 0) is 49.2 Å². The van der Waals surface area contributed by atoms with Crippen LogP contribution in [0.15, 0.2) is 48.5 Å². The van der Waals surface area contributed by atoms with Crippen LogP contribution in [0.5, 0.6) is 5.75 Å². The molecule has 1 heterocycles. The fourth-order valence-electron chi connectivity index (χ4n) is 3.24. The molecule has 1 atom stereocenters. The normalized spacial score (nSPS) is 12.0. The number of aliphatic carboxylic acids is 1. The van der Waals surface area contributed by atoms with E-state index in [-0.39, 0.29) is 18.8 Å². The smallest absolute Gasteiger partial charge is 0.307 e. The second-order valence-corrected chi connectivity index (χ2v) is 7.00. The maximum absolute atomic E-state index is 13.8. The number of hydrogen-bond donors (Lipinski definition) is 2. The molecule has 0 saturated carbocycles. The predicted octanol–water partition coefficient (Wildman–Crippen LogP) is 4.15. The molecule has 0 aliphatic carbocycles. The summed E-state index contributed by atoms with van der Waals surface area (Å²) in [6.07, 6.45) is -0.170. The molecule has 0 aliphatic rings. The van der Waals surface area contributed by atoms with Crippen LogP contribution in [0, 0.1) is 5.82 Å². The third-order valence-electron chi connectivity index (χ3n) is 4.73. The van der Waals surface area contributed by atoms with Gasteiger partial charge in [-0.15, -0.1) is 0 Å². The van der Waals surface area contributed by atoms with Crippen molar-refractivity contribution in [1.82, 2.24) is 9.78 Å². The summed E-state index contributed by atoms with van der Waals surface area (Å²) in [5.41, 5.74) is 3.13. The highest BCUT2D eigenvalue weighted by Gasteiger charge is 2.18. The Bertz CT molecular complexity index is 1030. The lowest BCUT2D eigenvalue weighted by Crippen LogP contribution is -2.16. The second kappa shape index (κ2) is 9.54. The van der Waals surface area contributed by atoms with E-state index < -0.39 is 12.1 Å². The van der Waals surface area contributed by atoms with Crippen LogP contribution in [0.1, 0.15) is 25.8 Å². The Morgan fingerprint density at radius 3 is 2.67 bits per heavy atom. The van der Waals surface area contributed by atoms with E-state index in [2.05, 4.69) is 5.10 Å². The number of halogens is 1. The van der Waals surface area contributed by atoms with E-state index in [1.165, 1.54) is 12.1 Å². The summed E-state index contributed by atoms with van der Waals surface area (Å²) in [5, 5.41) is 24.0. The molecule has 0 amide bonds. The Kier molecular flexibility index (Phi) is 6.84. The topological polar surface area (TPSA) is 84.6 Å². The Labute approximate surface area is 174 Å². The molecule has 158 valence electrons. The molecule has 0 radical (unpaired) electrons. The van der Waals surface area contributed by atoms with Gasteiger partial charge in [0.15, 0.2) is 0 Å². The van der Waals surface area contributed by atoms with E-state index in [4.69, 9.17) is 9.84 Å². The van der Waals surface area contributed by atoms with Gasteiger partial charge < -0.3 is 14.9 Å². The van der Waals surface area contributed by atoms with E-state index in [9.17, 15) is 14.3 Å². The molecule has 2 N–H and O–H groups in total. The van der Waals surface area contributed by atoms with E-state index in [1.54, 1.807) is 41.1 Å². The van der Waals surface area contributed by atoms with E-state index in [0.29, 0.717) is 46.9 Å². The molecule has 30 heavy (non-hydrogen) atoms. The number of aliphatic hydroxyl groups is 1. The zero-order valence-corrected chi connectivity index (χ0v) is 17.0. The van der Waals surface area contributed by atoms with Gasteiger partial charge in [0.05, 0.1) is 37.1 Å². The van der Waals surface area contributed by atoms with Crippen LogP contribution >= 0.6 is 0 Å². The predicted molar refractivity (Wildman–Crippen MR) is 112 cm³/mol. The van der Waals surface area contributed by atoms with E-state index >= 15 is 0 Å². The van der Waals surface area contributed by atoms with Crippen LogP contribution in [-0.4, -0.2) is 38.7 Å².